The van der Waals surface area contributed by atoms with Gasteiger partial charge in [-0.3, -0.25) is 0 Å². The van der Waals surface area contributed by atoms with E-state index in [0.717, 1.165) is 0 Å². The van der Waals surface area contributed by atoms with Gasteiger partial charge in [0.05, 0.1) is 6.61 Å². The highest BCUT2D eigenvalue weighted by molar-refractivity contribution is 4.90. The van der Waals surface area contributed by atoms with Crippen molar-refractivity contribution < 1.29 is 14.9 Å². The summed E-state index contributed by atoms with van der Waals surface area (Å²) in [6, 6.07) is 0. The minimum absolute atomic E-state index is 0.431. The first-order valence-corrected chi connectivity index (χ1v) is 3.04. The molecule has 0 aromatic carbocycles. The zero-order valence-corrected chi connectivity index (χ0v) is 5.72. The van der Waals surface area contributed by atoms with E-state index in [1.807, 2.05) is 0 Å². The van der Waals surface area contributed by atoms with Crippen molar-refractivity contribution in [2.45, 2.75) is 31.7 Å². The van der Waals surface area contributed by atoms with Crippen LogP contribution < -0.4 is 0 Å². The van der Waals surface area contributed by atoms with Gasteiger partial charge in [-0.15, -0.1) is 0 Å². The monoisotopic (exact) mass is 132 g/mol. The zero-order chi connectivity index (χ0) is 7.12. The fourth-order valence-electron chi connectivity index (χ4n) is 0.836. The van der Waals surface area contributed by atoms with Crippen molar-refractivity contribution in [3.05, 3.63) is 0 Å². The van der Waals surface area contributed by atoms with Gasteiger partial charge in [-0.2, -0.15) is 0 Å². The predicted octanol–water partition coefficient (Wildman–Crippen LogP) is -0.134. The normalized spacial score (nSPS) is 52.0. The molecule has 54 valence electrons. The van der Waals surface area contributed by atoms with Gasteiger partial charge in [0, 0.05) is 6.42 Å². The van der Waals surface area contributed by atoms with Crippen molar-refractivity contribution in [2.24, 2.45) is 0 Å². The molecule has 1 rings (SSSR count). The van der Waals surface area contributed by atoms with Gasteiger partial charge in [0.2, 0.25) is 0 Å². The fourth-order valence-corrected chi connectivity index (χ4v) is 0.836. The molecule has 2 atom stereocenters. The van der Waals surface area contributed by atoms with Gasteiger partial charge in [-0.05, 0) is 13.8 Å². The van der Waals surface area contributed by atoms with E-state index in [9.17, 15) is 10.2 Å². The van der Waals surface area contributed by atoms with Crippen molar-refractivity contribution >= 4 is 0 Å². The summed E-state index contributed by atoms with van der Waals surface area (Å²) in [7, 11) is 0. The molecule has 1 heterocycles. The second kappa shape index (κ2) is 1.68. The Hall–Kier alpha value is -0.120. The maximum Gasteiger partial charge on any atom is 0.191 e. The zero-order valence-electron chi connectivity index (χ0n) is 5.72. The van der Waals surface area contributed by atoms with Crippen LogP contribution in [0.25, 0.3) is 0 Å². The van der Waals surface area contributed by atoms with Crippen LogP contribution in [0.3, 0.4) is 0 Å². The van der Waals surface area contributed by atoms with Crippen LogP contribution in [0.15, 0.2) is 0 Å². The number of aliphatic hydroxyl groups is 2. The van der Waals surface area contributed by atoms with Gasteiger partial charge < -0.3 is 14.9 Å². The lowest BCUT2D eigenvalue weighted by Crippen LogP contribution is -2.45. The van der Waals surface area contributed by atoms with Gasteiger partial charge in [-0.1, -0.05) is 0 Å². The Morgan fingerprint density at radius 3 is 2.00 bits per heavy atom. The first-order chi connectivity index (χ1) is 3.96. The Kier molecular flexibility index (Phi) is 1.31. The Labute approximate surface area is 54.3 Å². The van der Waals surface area contributed by atoms with E-state index in [1.165, 1.54) is 6.92 Å². The first-order valence-electron chi connectivity index (χ1n) is 3.04. The summed E-state index contributed by atoms with van der Waals surface area (Å²) in [6.45, 7) is 3.47. The summed E-state index contributed by atoms with van der Waals surface area (Å²) in [5, 5.41) is 18.6. The predicted molar refractivity (Wildman–Crippen MR) is 31.8 cm³/mol. The second-order valence-corrected chi connectivity index (χ2v) is 2.86. The molecule has 0 radical (unpaired) electrons. The molecule has 1 aliphatic rings. The summed E-state index contributed by atoms with van der Waals surface area (Å²) in [5.41, 5.74) is -1.08. The van der Waals surface area contributed by atoms with Gasteiger partial charge >= 0.3 is 0 Å². The number of rotatable bonds is 0. The van der Waals surface area contributed by atoms with Crippen LogP contribution >= 0.6 is 0 Å². The van der Waals surface area contributed by atoms with E-state index in [4.69, 9.17) is 4.74 Å². The standard InChI is InChI=1S/C6H12O3/c1-5(7)3-4-9-6(5,2)8/h7-8H,3-4H2,1-2H3. The quantitative estimate of drug-likeness (QED) is 0.482. The highest BCUT2D eigenvalue weighted by Gasteiger charge is 2.47. The van der Waals surface area contributed by atoms with Crippen molar-refractivity contribution in [2.75, 3.05) is 6.61 Å². The molecule has 0 bridgehead atoms. The maximum absolute atomic E-state index is 9.35. The van der Waals surface area contributed by atoms with Crippen LogP contribution in [0.4, 0.5) is 0 Å². The van der Waals surface area contributed by atoms with Crippen LogP contribution in [0, 0.1) is 0 Å². The number of hydrogen-bond acceptors (Lipinski definition) is 3. The van der Waals surface area contributed by atoms with Crippen LogP contribution in [-0.4, -0.2) is 28.2 Å². The third-order valence-corrected chi connectivity index (χ3v) is 1.97. The fraction of sp³-hybridized carbons (Fsp3) is 1.00. The minimum Gasteiger partial charge on any atom is -0.384 e. The van der Waals surface area contributed by atoms with Crippen LogP contribution in [0.2, 0.25) is 0 Å². The molecular formula is C6H12O3. The Morgan fingerprint density at radius 1 is 1.33 bits per heavy atom. The van der Waals surface area contributed by atoms with E-state index < -0.39 is 11.4 Å². The smallest absolute Gasteiger partial charge is 0.191 e. The Balaban J connectivity index is 2.75. The topological polar surface area (TPSA) is 49.7 Å². The summed E-state index contributed by atoms with van der Waals surface area (Å²) >= 11 is 0. The van der Waals surface area contributed by atoms with E-state index in [2.05, 4.69) is 0 Å². The SMILES string of the molecule is CC1(O)CCOC1(C)O. The maximum atomic E-state index is 9.35. The molecule has 3 nitrogen and oxygen atoms in total. The molecular weight excluding hydrogens is 120 g/mol. The molecule has 0 spiro atoms. The summed E-state index contributed by atoms with van der Waals surface area (Å²) in [4.78, 5) is 0. The van der Waals surface area contributed by atoms with Crippen LogP contribution in [0.5, 0.6) is 0 Å². The van der Waals surface area contributed by atoms with Crippen molar-refractivity contribution in [3.8, 4) is 0 Å². The highest BCUT2D eigenvalue weighted by atomic mass is 16.6. The third-order valence-electron chi connectivity index (χ3n) is 1.97. The molecule has 0 amide bonds. The summed E-state index contributed by atoms with van der Waals surface area (Å²) in [6.07, 6.45) is 0.500. The van der Waals surface area contributed by atoms with E-state index in [1.54, 1.807) is 6.92 Å². The lowest BCUT2D eigenvalue weighted by Gasteiger charge is -2.29. The summed E-state index contributed by atoms with van der Waals surface area (Å²) < 4.78 is 4.86. The Bertz CT molecular complexity index is 103. The number of ether oxygens (including phenoxy) is 1. The molecule has 0 aliphatic carbocycles. The molecule has 0 saturated carbocycles. The molecule has 3 heteroatoms. The average Bonchev–Trinajstić information content (AvgIpc) is 1.81. The van der Waals surface area contributed by atoms with E-state index >= 15 is 0 Å². The molecule has 2 unspecified atom stereocenters. The average molecular weight is 132 g/mol. The van der Waals surface area contributed by atoms with Gasteiger partial charge in [0.25, 0.3) is 0 Å². The largest absolute Gasteiger partial charge is 0.384 e. The van der Waals surface area contributed by atoms with Crippen LogP contribution in [-0.2, 0) is 4.74 Å². The highest BCUT2D eigenvalue weighted by Crippen LogP contribution is 2.32. The lowest BCUT2D eigenvalue weighted by atomic mass is 9.96. The van der Waals surface area contributed by atoms with E-state index in [0.29, 0.717) is 13.0 Å². The van der Waals surface area contributed by atoms with Crippen molar-refractivity contribution in [1.82, 2.24) is 0 Å². The minimum atomic E-state index is -1.35. The first kappa shape index (κ1) is 6.99. The number of hydrogen-bond donors (Lipinski definition) is 2. The van der Waals surface area contributed by atoms with Gasteiger partial charge in [0.1, 0.15) is 5.60 Å². The van der Waals surface area contributed by atoms with Gasteiger partial charge in [0.15, 0.2) is 5.79 Å². The van der Waals surface area contributed by atoms with E-state index in [-0.39, 0.29) is 0 Å². The van der Waals surface area contributed by atoms with Crippen molar-refractivity contribution in [3.63, 3.8) is 0 Å². The molecule has 0 aromatic rings. The summed E-state index contributed by atoms with van der Waals surface area (Å²) in [5.74, 6) is -1.35. The second-order valence-electron chi connectivity index (χ2n) is 2.86. The third kappa shape index (κ3) is 0.956. The van der Waals surface area contributed by atoms with Crippen molar-refractivity contribution in [1.29, 1.82) is 0 Å². The van der Waals surface area contributed by atoms with Crippen LogP contribution in [0.1, 0.15) is 20.3 Å². The molecule has 1 saturated heterocycles. The molecule has 1 fully saturated rings. The molecule has 9 heavy (non-hydrogen) atoms. The lowest BCUT2D eigenvalue weighted by molar-refractivity contribution is -0.235. The molecule has 2 N–H and O–H groups in total. The Morgan fingerprint density at radius 2 is 1.89 bits per heavy atom. The molecule has 1 aliphatic heterocycles. The van der Waals surface area contributed by atoms with Gasteiger partial charge in [-0.25, -0.2) is 0 Å². The molecule has 0 aromatic heterocycles.